The van der Waals surface area contributed by atoms with E-state index in [4.69, 9.17) is 14.2 Å². The molecule has 1 fully saturated rings. The molecule has 1 aliphatic rings. The highest BCUT2D eigenvalue weighted by molar-refractivity contribution is 6.03. The van der Waals surface area contributed by atoms with Crippen LogP contribution in [-0.2, 0) is 33.3 Å². The van der Waals surface area contributed by atoms with Crippen molar-refractivity contribution in [2.75, 3.05) is 32.3 Å². The molecule has 1 aliphatic carbocycles. The lowest BCUT2D eigenvalue weighted by Crippen LogP contribution is -2.49. The maximum Gasteiger partial charge on any atom is 0.421 e. The van der Waals surface area contributed by atoms with Gasteiger partial charge in [0.15, 0.2) is 11.6 Å². The molecule has 3 aromatic rings. The summed E-state index contributed by atoms with van der Waals surface area (Å²) in [7, 11) is 2.80. The van der Waals surface area contributed by atoms with Crippen molar-refractivity contribution in [3.63, 3.8) is 0 Å². The van der Waals surface area contributed by atoms with Crippen LogP contribution in [0.3, 0.4) is 0 Å². The number of hydrogen-bond donors (Lipinski definition) is 1. The number of aromatic nitrogens is 2. The maximum atomic E-state index is 15.7. The maximum absolute atomic E-state index is 15.7. The Kier molecular flexibility index (Phi) is 11.7. The SMILES string of the molecule is COCC(COC)N(C(=O)C1CCCCC1)c1cc(F)c(Oc2ncc(CCc3cccc(C)n3)cc2C(F)(F)F)cc1C(=O)O. The standard InChI is InChI=1S/C33H37F4N3O6/c1-20-8-7-11-23(39-20)13-12-21-14-26(33(35,36)37)30(38-17-21)46-29-15-25(32(42)43)28(16-27(29)34)40(24(18-44-2)19-45-3)31(41)22-9-5-4-6-10-22/h7-8,11,14-17,22,24H,4-6,9-10,12-13,18-19H2,1-3H3,(H,42,43). The van der Waals surface area contributed by atoms with Gasteiger partial charge in [0, 0.05) is 49.9 Å². The number of anilines is 1. The van der Waals surface area contributed by atoms with Crippen molar-refractivity contribution in [1.82, 2.24) is 9.97 Å². The number of carboxylic acids is 1. The molecular weight excluding hydrogens is 610 g/mol. The molecule has 0 radical (unpaired) electrons. The summed E-state index contributed by atoms with van der Waals surface area (Å²) in [5.74, 6) is -5.30. The predicted octanol–water partition coefficient (Wildman–Crippen LogP) is 6.79. The Morgan fingerprint density at radius 1 is 1.04 bits per heavy atom. The van der Waals surface area contributed by atoms with Crippen molar-refractivity contribution in [2.45, 2.75) is 64.1 Å². The van der Waals surface area contributed by atoms with Crippen LogP contribution >= 0.6 is 0 Å². The Hall–Kier alpha value is -4.10. The Morgan fingerprint density at radius 3 is 2.35 bits per heavy atom. The number of alkyl halides is 3. The van der Waals surface area contributed by atoms with Gasteiger partial charge >= 0.3 is 12.1 Å². The van der Waals surface area contributed by atoms with E-state index in [0.29, 0.717) is 25.0 Å². The first-order chi connectivity index (χ1) is 21.9. The fraction of sp³-hybridized carbons (Fsp3) is 0.455. The number of pyridine rings is 2. The van der Waals surface area contributed by atoms with E-state index in [9.17, 15) is 27.9 Å². The normalized spacial score (nSPS) is 14.0. The Labute approximate surface area is 264 Å². The molecular formula is C33H37F4N3O6. The van der Waals surface area contributed by atoms with Gasteiger partial charge in [-0.15, -0.1) is 0 Å². The Bertz CT molecular complexity index is 1520. The van der Waals surface area contributed by atoms with Gasteiger partial charge in [-0.2, -0.15) is 13.2 Å². The Balaban J connectivity index is 1.71. The number of benzene rings is 1. The van der Waals surface area contributed by atoms with Gasteiger partial charge in [0.05, 0.1) is 30.5 Å². The number of nitrogens with zero attached hydrogens (tertiary/aromatic N) is 3. The van der Waals surface area contributed by atoms with Crippen molar-refractivity contribution >= 4 is 17.6 Å². The number of rotatable bonds is 13. The van der Waals surface area contributed by atoms with Crippen molar-refractivity contribution in [3.05, 3.63) is 76.5 Å². The second kappa shape index (κ2) is 15.5. The molecule has 0 unspecified atom stereocenters. The molecule has 13 heteroatoms. The summed E-state index contributed by atoms with van der Waals surface area (Å²) in [4.78, 5) is 35.7. The van der Waals surface area contributed by atoms with Crippen molar-refractivity contribution in [3.8, 4) is 11.6 Å². The second-order valence-corrected chi connectivity index (χ2v) is 11.3. The highest BCUT2D eigenvalue weighted by atomic mass is 19.4. The first-order valence-electron chi connectivity index (χ1n) is 15.0. The molecule has 1 aromatic carbocycles. The third-order valence-corrected chi connectivity index (χ3v) is 7.85. The number of halogens is 4. The smallest absolute Gasteiger partial charge is 0.421 e. The molecule has 4 rings (SSSR count). The second-order valence-electron chi connectivity index (χ2n) is 11.3. The number of hydrogen-bond acceptors (Lipinski definition) is 7. The summed E-state index contributed by atoms with van der Waals surface area (Å²) >= 11 is 0. The lowest BCUT2D eigenvalue weighted by molar-refractivity contribution is -0.139. The molecule has 1 saturated carbocycles. The highest BCUT2D eigenvalue weighted by Crippen LogP contribution is 2.40. The summed E-state index contributed by atoms with van der Waals surface area (Å²) < 4.78 is 74.0. The van der Waals surface area contributed by atoms with Gasteiger partial charge in [-0.25, -0.2) is 14.2 Å². The van der Waals surface area contributed by atoms with Gasteiger partial charge in [-0.05, 0) is 56.4 Å². The minimum Gasteiger partial charge on any atom is -0.478 e. The van der Waals surface area contributed by atoms with E-state index in [1.807, 2.05) is 13.0 Å². The summed E-state index contributed by atoms with van der Waals surface area (Å²) in [5, 5.41) is 10.1. The largest absolute Gasteiger partial charge is 0.478 e. The van der Waals surface area contributed by atoms with E-state index in [1.165, 1.54) is 25.3 Å². The van der Waals surface area contributed by atoms with Crippen molar-refractivity contribution in [2.24, 2.45) is 5.92 Å². The molecule has 9 nitrogen and oxygen atoms in total. The molecule has 0 atom stereocenters. The zero-order chi connectivity index (χ0) is 33.4. The monoisotopic (exact) mass is 647 g/mol. The van der Waals surface area contributed by atoms with Crippen LogP contribution in [0.2, 0.25) is 0 Å². The van der Waals surface area contributed by atoms with Gasteiger partial charge in [0.25, 0.3) is 0 Å². The van der Waals surface area contributed by atoms with Gasteiger partial charge in [0.2, 0.25) is 11.8 Å². The fourth-order valence-corrected chi connectivity index (χ4v) is 5.65. The number of carbonyl (C=O) groups excluding carboxylic acids is 1. The van der Waals surface area contributed by atoms with E-state index in [-0.39, 0.29) is 30.9 Å². The van der Waals surface area contributed by atoms with Gasteiger partial charge < -0.3 is 24.2 Å². The average Bonchev–Trinajstić information content (AvgIpc) is 3.01. The molecule has 0 spiro atoms. The average molecular weight is 648 g/mol. The van der Waals surface area contributed by atoms with Crippen LogP contribution < -0.4 is 9.64 Å². The minimum absolute atomic E-state index is 0.0453. The van der Waals surface area contributed by atoms with Crippen molar-refractivity contribution < 1.29 is 46.5 Å². The molecule has 0 saturated heterocycles. The van der Waals surface area contributed by atoms with Crippen LogP contribution in [0.1, 0.15) is 65.0 Å². The molecule has 2 heterocycles. The first-order valence-corrected chi connectivity index (χ1v) is 15.0. The van der Waals surface area contributed by atoms with Crippen LogP contribution in [0.5, 0.6) is 11.6 Å². The zero-order valence-corrected chi connectivity index (χ0v) is 25.9. The van der Waals surface area contributed by atoms with E-state index in [0.717, 1.165) is 43.2 Å². The van der Waals surface area contributed by atoms with Gasteiger partial charge in [-0.1, -0.05) is 25.3 Å². The first kappa shape index (κ1) is 34.8. The summed E-state index contributed by atoms with van der Waals surface area (Å²) in [6, 6.07) is 7.00. The van der Waals surface area contributed by atoms with Crippen LogP contribution in [0.4, 0.5) is 23.2 Å². The fourth-order valence-electron chi connectivity index (χ4n) is 5.65. The van der Waals surface area contributed by atoms with Crippen LogP contribution in [0.15, 0.2) is 42.6 Å². The number of ether oxygens (including phenoxy) is 3. The number of aryl methyl sites for hydroxylation is 3. The molecule has 248 valence electrons. The number of carbonyl (C=O) groups is 2. The van der Waals surface area contributed by atoms with E-state index in [2.05, 4.69) is 9.97 Å². The van der Waals surface area contributed by atoms with Crippen LogP contribution in [0.25, 0.3) is 0 Å². The third-order valence-electron chi connectivity index (χ3n) is 7.85. The van der Waals surface area contributed by atoms with Crippen LogP contribution in [0, 0.1) is 18.7 Å². The lowest BCUT2D eigenvalue weighted by Gasteiger charge is -2.35. The van der Waals surface area contributed by atoms with Gasteiger partial charge in [-0.3, -0.25) is 9.78 Å². The molecule has 0 aliphatic heterocycles. The number of aromatic carboxylic acids is 1. The summed E-state index contributed by atoms with van der Waals surface area (Å²) in [6.45, 7) is 1.72. The molecule has 1 amide bonds. The quantitative estimate of drug-likeness (QED) is 0.202. The summed E-state index contributed by atoms with van der Waals surface area (Å²) in [6.07, 6.45) is 0.589. The molecule has 0 bridgehead atoms. The summed E-state index contributed by atoms with van der Waals surface area (Å²) in [5.41, 5.74) is -0.351. The topological polar surface area (TPSA) is 111 Å². The lowest BCUT2D eigenvalue weighted by atomic mass is 9.87. The number of amides is 1. The molecule has 46 heavy (non-hydrogen) atoms. The molecule has 2 aromatic heterocycles. The third kappa shape index (κ3) is 8.58. The van der Waals surface area contributed by atoms with E-state index in [1.54, 1.807) is 12.1 Å². The predicted molar refractivity (Wildman–Crippen MR) is 161 cm³/mol. The number of carboxylic acid groups (broad SMARTS) is 1. The highest BCUT2D eigenvalue weighted by Gasteiger charge is 2.38. The minimum atomic E-state index is -4.91. The zero-order valence-electron chi connectivity index (χ0n) is 25.9. The van der Waals surface area contributed by atoms with Gasteiger partial charge in [0.1, 0.15) is 5.56 Å². The molecule has 1 N–H and O–H groups in total. The Morgan fingerprint density at radius 2 is 1.74 bits per heavy atom. The van der Waals surface area contributed by atoms with Crippen LogP contribution in [-0.4, -0.2) is 60.4 Å². The van der Waals surface area contributed by atoms with Crippen molar-refractivity contribution in [1.29, 1.82) is 0 Å². The van der Waals surface area contributed by atoms with E-state index < -0.39 is 58.6 Å². The van der Waals surface area contributed by atoms with E-state index >= 15 is 4.39 Å². The number of methoxy groups -OCH3 is 2.